The van der Waals surface area contributed by atoms with Crippen molar-refractivity contribution in [1.29, 1.82) is 0 Å². The first-order chi connectivity index (χ1) is 16.5. The molecular formula is C29H27N5. The lowest BCUT2D eigenvalue weighted by Crippen LogP contribution is -1.89. The molecule has 0 atom stereocenters. The van der Waals surface area contributed by atoms with E-state index in [0.717, 1.165) is 56.0 Å². The topological polar surface area (TPSA) is 70.2 Å². The molecule has 2 N–H and O–H groups in total. The fourth-order valence-electron chi connectivity index (χ4n) is 4.51. The number of pyridine rings is 1. The van der Waals surface area contributed by atoms with Crippen molar-refractivity contribution in [3.63, 3.8) is 0 Å². The first kappa shape index (κ1) is 20.6. The SMILES string of the molecule is CC(C)c1ncc(-c2ccc3cc(-c4ccc5c(ccc6nc(C(C)C)[nH]c65)c4)cnc3c2)[nH]1. The number of aromatic amines is 2. The van der Waals surface area contributed by atoms with Crippen molar-refractivity contribution in [2.75, 3.05) is 0 Å². The summed E-state index contributed by atoms with van der Waals surface area (Å²) in [4.78, 5) is 21.0. The van der Waals surface area contributed by atoms with Crippen molar-refractivity contribution < 1.29 is 0 Å². The highest BCUT2D eigenvalue weighted by Gasteiger charge is 2.11. The third kappa shape index (κ3) is 3.45. The zero-order valence-corrected chi connectivity index (χ0v) is 19.8. The molecule has 168 valence electrons. The van der Waals surface area contributed by atoms with E-state index in [1.54, 1.807) is 0 Å². The van der Waals surface area contributed by atoms with Crippen LogP contribution in [0.4, 0.5) is 0 Å². The lowest BCUT2D eigenvalue weighted by Gasteiger charge is -2.07. The van der Waals surface area contributed by atoms with E-state index in [2.05, 4.69) is 97.2 Å². The van der Waals surface area contributed by atoms with Gasteiger partial charge in [-0.3, -0.25) is 4.98 Å². The highest BCUT2D eigenvalue weighted by Crippen LogP contribution is 2.31. The summed E-state index contributed by atoms with van der Waals surface area (Å²) in [5.74, 6) is 2.78. The van der Waals surface area contributed by atoms with Gasteiger partial charge in [0.25, 0.3) is 0 Å². The lowest BCUT2D eigenvalue weighted by atomic mass is 10.00. The van der Waals surface area contributed by atoms with Crippen LogP contribution in [-0.2, 0) is 0 Å². The Labute approximate surface area is 198 Å². The summed E-state index contributed by atoms with van der Waals surface area (Å²) in [5.41, 5.74) is 7.49. The summed E-state index contributed by atoms with van der Waals surface area (Å²) in [5, 5.41) is 3.51. The van der Waals surface area contributed by atoms with Crippen molar-refractivity contribution in [1.82, 2.24) is 24.9 Å². The molecule has 0 saturated carbocycles. The van der Waals surface area contributed by atoms with Crippen LogP contribution >= 0.6 is 0 Å². The number of hydrogen-bond acceptors (Lipinski definition) is 3. The fourth-order valence-corrected chi connectivity index (χ4v) is 4.51. The van der Waals surface area contributed by atoms with Crippen LogP contribution in [0.3, 0.4) is 0 Å². The summed E-state index contributed by atoms with van der Waals surface area (Å²) in [7, 11) is 0. The van der Waals surface area contributed by atoms with Gasteiger partial charge in [0.2, 0.25) is 0 Å². The maximum absolute atomic E-state index is 4.79. The van der Waals surface area contributed by atoms with E-state index < -0.39 is 0 Å². The van der Waals surface area contributed by atoms with Gasteiger partial charge in [0.1, 0.15) is 11.6 Å². The van der Waals surface area contributed by atoms with Crippen LogP contribution < -0.4 is 0 Å². The number of hydrogen-bond donors (Lipinski definition) is 2. The van der Waals surface area contributed by atoms with Gasteiger partial charge >= 0.3 is 0 Å². The third-order valence-electron chi connectivity index (χ3n) is 6.51. The Morgan fingerprint density at radius 3 is 2.18 bits per heavy atom. The summed E-state index contributed by atoms with van der Waals surface area (Å²) in [6.07, 6.45) is 3.87. The molecule has 0 amide bonds. The molecule has 0 aliphatic heterocycles. The van der Waals surface area contributed by atoms with Gasteiger partial charge in [0, 0.05) is 39.9 Å². The van der Waals surface area contributed by atoms with Crippen LogP contribution in [-0.4, -0.2) is 24.9 Å². The molecule has 3 aromatic heterocycles. The predicted molar refractivity (Wildman–Crippen MR) is 140 cm³/mol. The van der Waals surface area contributed by atoms with E-state index in [4.69, 9.17) is 9.97 Å². The predicted octanol–water partition coefficient (Wildman–Crippen LogP) is 7.57. The molecule has 5 heteroatoms. The highest BCUT2D eigenvalue weighted by molar-refractivity contribution is 6.05. The van der Waals surface area contributed by atoms with Crippen LogP contribution in [0.15, 0.2) is 67.0 Å². The standard InChI is InChI=1S/C29H27N5/c1-16(2)28-31-15-26(33-28)21-6-5-20-12-22(14-30-25(20)13-21)18-7-9-23-19(11-18)8-10-24-27(23)34-29(32-24)17(3)4/h5-17H,1-4H3,(H,31,33)(H,32,34). The van der Waals surface area contributed by atoms with E-state index in [-0.39, 0.29) is 0 Å². The van der Waals surface area contributed by atoms with E-state index in [1.807, 2.05) is 12.4 Å². The monoisotopic (exact) mass is 445 g/mol. The molecule has 0 aliphatic rings. The zero-order chi connectivity index (χ0) is 23.4. The van der Waals surface area contributed by atoms with Crippen LogP contribution in [0.1, 0.15) is 51.2 Å². The number of fused-ring (bicyclic) bond motifs is 4. The average Bonchev–Trinajstić information content (AvgIpc) is 3.51. The second-order valence-electron chi connectivity index (χ2n) is 9.64. The molecular weight excluding hydrogens is 418 g/mol. The zero-order valence-electron chi connectivity index (χ0n) is 19.8. The van der Waals surface area contributed by atoms with E-state index in [1.165, 1.54) is 10.8 Å². The van der Waals surface area contributed by atoms with Crippen molar-refractivity contribution in [2.45, 2.75) is 39.5 Å². The molecule has 3 heterocycles. The largest absolute Gasteiger partial charge is 0.342 e. The Kier molecular flexibility index (Phi) is 4.73. The maximum Gasteiger partial charge on any atom is 0.109 e. The van der Waals surface area contributed by atoms with Gasteiger partial charge in [-0.15, -0.1) is 0 Å². The Bertz CT molecular complexity index is 1670. The van der Waals surface area contributed by atoms with Gasteiger partial charge in [0.05, 0.1) is 28.4 Å². The average molecular weight is 446 g/mol. The number of benzene rings is 3. The number of H-pyrrole nitrogens is 2. The second-order valence-corrected chi connectivity index (χ2v) is 9.64. The van der Waals surface area contributed by atoms with Crippen LogP contribution in [0.2, 0.25) is 0 Å². The first-order valence-electron chi connectivity index (χ1n) is 11.8. The minimum Gasteiger partial charge on any atom is -0.342 e. The molecule has 3 aromatic carbocycles. The molecule has 0 bridgehead atoms. The van der Waals surface area contributed by atoms with E-state index in [0.29, 0.717) is 11.8 Å². The summed E-state index contributed by atoms with van der Waals surface area (Å²) < 4.78 is 0. The molecule has 0 saturated heterocycles. The molecule has 0 radical (unpaired) electrons. The number of nitrogens with zero attached hydrogens (tertiary/aromatic N) is 3. The lowest BCUT2D eigenvalue weighted by molar-refractivity contribution is 0.795. The Morgan fingerprint density at radius 1 is 0.618 bits per heavy atom. The number of rotatable bonds is 4. The number of imidazole rings is 2. The minimum absolute atomic E-state index is 0.372. The molecule has 5 nitrogen and oxygen atoms in total. The normalized spacial score (nSPS) is 12.1. The van der Waals surface area contributed by atoms with Gasteiger partial charge in [-0.2, -0.15) is 0 Å². The smallest absolute Gasteiger partial charge is 0.109 e. The maximum atomic E-state index is 4.79. The van der Waals surface area contributed by atoms with Crippen LogP contribution in [0.25, 0.3) is 55.1 Å². The molecule has 0 unspecified atom stereocenters. The van der Waals surface area contributed by atoms with Gasteiger partial charge in [-0.1, -0.05) is 58.0 Å². The summed E-state index contributed by atoms with van der Waals surface area (Å²) in [6, 6.07) is 19.5. The molecule has 0 fully saturated rings. The third-order valence-corrected chi connectivity index (χ3v) is 6.51. The molecule has 0 spiro atoms. The Hall–Kier alpha value is -3.99. The summed E-state index contributed by atoms with van der Waals surface area (Å²) >= 11 is 0. The van der Waals surface area contributed by atoms with Crippen molar-refractivity contribution in [2.24, 2.45) is 0 Å². The number of aromatic nitrogens is 5. The van der Waals surface area contributed by atoms with Crippen LogP contribution in [0.5, 0.6) is 0 Å². The van der Waals surface area contributed by atoms with Gasteiger partial charge in [-0.05, 0) is 35.2 Å². The van der Waals surface area contributed by atoms with Crippen LogP contribution in [0, 0.1) is 0 Å². The first-order valence-corrected chi connectivity index (χ1v) is 11.8. The van der Waals surface area contributed by atoms with Crippen molar-refractivity contribution >= 4 is 32.7 Å². The quantitative estimate of drug-likeness (QED) is 0.294. The molecule has 0 aliphatic carbocycles. The van der Waals surface area contributed by atoms with Gasteiger partial charge < -0.3 is 9.97 Å². The fraction of sp³-hybridized carbons (Fsp3) is 0.207. The number of nitrogens with one attached hydrogen (secondary N) is 2. The van der Waals surface area contributed by atoms with E-state index >= 15 is 0 Å². The molecule has 6 rings (SSSR count). The van der Waals surface area contributed by atoms with Crippen molar-refractivity contribution in [3.8, 4) is 22.4 Å². The Balaban J connectivity index is 1.37. The molecule has 6 aromatic rings. The Morgan fingerprint density at radius 2 is 1.38 bits per heavy atom. The van der Waals surface area contributed by atoms with Gasteiger partial charge in [-0.25, -0.2) is 9.97 Å². The van der Waals surface area contributed by atoms with Crippen molar-refractivity contribution in [3.05, 3.63) is 78.6 Å². The molecule has 34 heavy (non-hydrogen) atoms. The van der Waals surface area contributed by atoms with Gasteiger partial charge in [0.15, 0.2) is 0 Å². The minimum atomic E-state index is 0.372. The summed E-state index contributed by atoms with van der Waals surface area (Å²) in [6.45, 7) is 8.59. The highest BCUT2D eigenvalue weighted by atomic mass is 14.9. The second kappa shape index (κ2) is 7.80. The van der Waals surface area contributed by atoms with E-state index in [9.17, 15) is 0 Å².